The molecule has 2 rings (SSSR count). The summed E-state index contributed by atoms with van der Waals surface area (Å²) >= 11 is 0. The molecule has 128 valence electrons. The molecule has 0 aliphatic rings. The molecule has 2 nitrogen and oxygen atoms in total. The van der Waals surface area contributed by atoms with E-state index in [2.05, 4.69) is 53.0 Å². The van der Waals surface area contributed by atoms with Crippen LogP contribution in [0.3, 0.4) is 0 Å². The number of fused-ring (bicyclic) bond motifs is 1. The highest BCUT2D eigenvalue weighted by molar-refractivity contribution is 6.90. The number of nitrogens with zero attached hydrogens (tertiary/aromatic N) is 1. The van der Waals surface area contributed by atoms with Crippen LogP contribution in [-0.4, -0.2) is 12.6 Å². The fraction of sp³-hybridized carbons (Fsp3) is 0.476. The van der Waals surface area contributed by atoms with E-state index in [1.54, 1.807) is 11.6 Å². The zero-order valence-electron chi connectivity index (χ0n) is 16.0. The molecule has 2 aromatic rings. The lowest BCUT2D eigenvalue weighted by molar-refractivity contribution is 0.838. The van der Waals surface area contributed by atoms with Gasteiger partial charge in [0.2, 0.25) is 0 Å². The fourth-order valence-electron chi connectivity index (χ4n) is 4.10. The minimum absolute atomic E-state index is 0.0308. The first kappa shape index (κ1) is 18.5. The molecule has 0 bridgehead atoms. The lowest BCUT2D eigenvalue weighted by atomic mass is 10.1. The number of rotatable bonds is 3. The Morgan fingerprint density at radius 3 is 2.08 bits per heavy atom. The average molecular weight is 340 g/mol. The van der Waals surface area contributed by atoms with Crippen molar-refractivity contribution in [2.45, 2.75) is 58.2 Å². The van der Waals surface area contributed by atoms with E-state index in [1.807, 2.05) is 30.5 Å². The third-order valence-corrected chi connectivity index (χ3v) is 11.7. The smallest absolute Gasteiger partial charge is 0.259 e. The van der Waals surface area contributed by atoms with E-state index in [4.69, 9.17) is 0 Å². The van der Waals surface area contributed by atoms with Gasteiger partial charge in [-0.05, 0) is 34.1 Å². The van der Waals surface area contributed by atoms with Gasteiger partial charge in [-0.3, -0.25) is 4.79 Å². The maximum absolute atomic E-state index is 12.6. The van der Waals surface area contributed by atoms with Crippen LogP contribution >= 0.6 is 0 Å². The van der Waals surface area contributed by atoms with Crippen LogP contribution in [0.2, 0.25) is 16.6 Å². The first-order valence-corrected chi connectivity index (χ1v) is 11.1. The number of hydrogen-bond donors (Lipinski definition) is 0. The van der Waals surface area contributed by atoms with E-state index < -0.39 is 8.07 Å². The predicted molar refractivity (Wildman–Crippen MR) is 107 cm³/mol. The Labute approximate surface area is 146 Å². The van der Waals surface area contributed by atoms with Gasteiger partial charge >= 0.3 is 0 Å². The van der Waals surface area contributed by atoms with Crippen LogP contribution in [0.25, 0.3) is 10.8 Å². The van der Waals surface area contributed by atoms with Crippen LogP contribution in [0.4, 0.5) is 0 Å². The highest BCUT2D eigenvalue weighted by Crippen LogP contribution is 2.40. The number of aromatic nitrogens is 1. The number of aryl methyl sites for hydroxylation is 1. The lowest BCUT2D eigenvalue weighted by Gasteiger charge is -2.38. The zero-order chi connectivity index (χ0) is 18.1. The van der Waals surface area contributed by atoms with Crippen LogP contribution in [0.5, 0.6) is 0 Å². The molecule has 0 aliphatic carbocycles. The first-order valence-electron chi connectivity index (χ1n) is 8.83. The molecule has 1 aromatic heterocycles. The van der Waals surface area contributed by atoms with Crippen LogP contribution in [-0.2, 0) is 7.05 Å². The predicted octanol–water partition coefficient (Wildman–Crippen LogP) is 5.11. The Bertz CT molecular complexity index is 828. The Morgan fingerprint density at radius 1 is 0.958 bits per heavy atom. The highest BCUT2D eigenvalue weighted by Gasteiger charge is 2.41. The molecular weight excluding hydrogens is 310 g/mol. The van der Waals surface area contributed by atoms with Gasteiger partial charge in [-0.1, -0.05) is 59.6 Å². The molecule has 1 aromatic carbocycles. The summed E-state index contributed by atoms with van der Waals surface area (Å²) in [6.07, 6.45) is 1.82. The third-order valence-electron chi connectivity index (χ3n) is 5.39. The minimum Gasteiger partial charge on any atom is -0.318 e. The van der Waals surface area contributed by atoms with Gasteiger partial charge in [0.1, 0.15) is 8.07 Å². The van der Waals surface area contributed by atoms with Crippen molar-refractivity contribution in [1.29, 1.82) is 0 Å². The quantitative estimate of drug-likeness (QED) is 0.563. The van der Waals surface area contributed by atoms with Gasteiger partial charge in [0.25, 0.3) is 5.56 Å². The fourth-order valence-corrected chi connectivity index (χ4v) is 9.31. The molecule has 0 radical (unpaired) electrons. The lowest BCUT2D eigenvalue weighted by Crippen LogP contribution is -2.43. The molecule has 0 unspecified atom stereocenters. The van der Waals surface area contributed by atoms with Crippen molar-refractivity contribution >= 4 is 18.8 Å². The van der Waals surface area contributed by atoms with Crippen LogP contribution in [0.1, 0.15) is 47.1 Å². The second-order valence-electron chi connectivity index (χ2n) is 7.65. The standard InChI is InChI=1S/C21H29NOSi/c1-15(2)24(16(3)4,17(5)6)14-12-19-10-8-9-18-11-13-22(7)21(23)20(18)19/h8-11,13,15-17H,1-7H3. The average Bonchev–Trinajstić information content (AvgIpc) is 2.50. The maximum atomic E-state index is 12.6. The largest absolute Gasteiger partial charge is 0.318 e. The summed E-state index contributed by atoms with van der Waals surface area (Å²) in [7, 11) is -0.00563. The van der Waals surface area contributed by atoms with Crippen molar-refractivity contribution in [1.82, 2.24) is 4.57 Å². The summed E-state index contributed by atoms with van der Waals surface area (Å²) in [6.45, 7) is 13.9. The summed E-state index contributed by atoms with van der Waals surface area (Å²) < 4.78 is 1.63. The highest BCUT2D eigenvalue weighted by atomic mass is 28.3. The molecule has 0 N–H and O–H groups in total. The first-order chi connectivity index (χ1) is 11.2. The Morgan fingerprint density at radius 2 is 1.54 bits per heavy atom. The molecule has 24 heavy (non-hydrogen) atoms. The van der Waals surface area contributed by atoms with Gasteiger partial charge in [-0.15, -0.1) is 5.54 Å². The van der Waals surface area contributed by atoms with Gasteiger partial charge in [0.15, 0.2) is 0 Å². The third kappa shape index (κ3) is 3.08. The van der Waals surface area contributed by atoms with Gasteiger partial charge in [-0.25, -0.2) is 0 Å². The van der Waals surface area contributed by atoms with E-state index in [1.165, 1.54) is 0 Å². The van der Waals surface area contributed by atoms with Gasteiger partial charge in [0.05, 0.1) is 5.39 Å². The van der Waals surface area contributed by atoms with Crippen molar-refractivity contribution in [3.63, 3.8) is 0 Å². The van der Waals surface area contributed by atoms with Crippen molar-refractivity contribution in [2.24, 2.45) is 7.05 Å². The molecule has 0 saturated carbocycles. The Balaban J connectivity index is 2.72. The van der Waals surface area contributed by atoms with Crippen LogP contribution < -0.4 is 5.56 Å². The second-order valence-corrected chi connectivity index (χ2v) is 13.2. The van der Waals surface area contributed by atoms with E-state index in [0.29, 0.717) is 16.6 Å². The molecule has 0 spiro atoms. The number of hydrogen-bond acceptors (Lipinski definition) is 1. The number of pyridine rings is 1. The van der Waals surface area contributed by atoms with E-state index in [0.717, 1.165) is 16.3 Å². The summed E-state index contributed by atoms with van der Waals surface area (Å²) in [5.41, 5.74) is 6.38. The van der Waals surface area contributed by atoms with Crippen molar-refractivity contribution in [3.8, 4) is 11.5 Å². The van der Waals surface area contributed by atoms with Crippen molar-refractivity contribution in [3.05, 3.63) is 46.4 Å². The summed E-state index contributed by atoms with van der Waals surface area (Å²) in [5.74, 6) is 3.44. The monoisotopic (exact) mass is 339 g/mol. The topological polar surface area (TPSA) is 22.0 Å². The Hall–Kier alpha value is -1.79. The molecule has 0 aliphatic heterocycles. The second kappa shape index (κ2) is 6.99. The minimum atomic E-state index is -1.80. The van der Waals surface area contributed by atoms with Gasteiger partial charge < -0.3 is 4.57 Å². The normalized spacial score (nSPS) is 12.1. The zero-order valence-corrected chi connectivity index (χ0v) is 17.0. The van der Waals surface area contributed by atoms with E-state index in [-0.39, 0.29) is 5.56 Å². The molecule has 0 amide bonds. The van der Waals surface area contributed by atoms with Crippen molar-refractivity contribution < 1.29 is 0 Å². The molecule has 3 heteroatoms. The molecule has 1 heterocycles. The number of benzene rings is 1. The molecular formula is C21H29NOSi. The maximum Gasteiger partial charge on any atom is 0.259 e. The summed E-state index contributed by atoms with van der Waals surface area (Å²) in [5, 5.41) is 1.71. The SMILES string of the molecule is CC(C)[Si](C#Cc1cccc2ccn(C)c(=O)c12)(C(C)C)C(C)C. The molecule has 0 saturated heterocycles. The van der Waals surface area contributed by atoms with Crippen LogP contribution in [0.15, 0.2) is 35.3 Å². The summed E-state index contributed by atoms with van der Waals surface area (Å²) in [4.78, 5) is 12.6. The molecule has 0 atom stereocenters. The Kier molecular flexibility index (Phi) is 5.40. The van der Waals surface area contributed by atoms with Crippen LogP contribution in [0, 0.1) is 11.5 Å². The van der Waals surface area contributed by atoms with Crippen molar-refractivity contribution in [2.75, 3.05) is 0 Å². The van der Waals surface area contributed by atoms with Gasteiger partial charge in [-0.2, -0.15) is 0 Å². The van der Waals surface area contributed by atoms with E-state index in [9.17, 15) is 4.79 Å². The summed E-state index contributed by atoms with van der Waals surface area (Å²) in [6, 6.07) is 7.95. The van der Waals surface area contributed by atoms with E-state index >= 15 is 0 Å². The molecule has 0 fully saturated rings. The van der Waals surface area contributed by atoms with Gasteiger partial charge in [0, 0.05) is 18.8 Å².